The van der Waals surface area contributed by atoms with E-state index in [1.165, 1.54) is 82.7 Å². The second kappa shape index (κ2) is 7.77. The molecule has 0 N–H and O–H groups in total. The fraction of sp³-hybridized carbons (Fsp3) is 0.0244. The molecule has 9 aromatic rings. The maximum Gasteiger partial charge on any atom is 0.0725 e. The van der Waals surface area contributed by atoms with Gasteiger partial charge in [0.15, 0.2) is 0 Å². The van der Waals surface area contributed by atoms with Crippen molar-refractivity contribution in [3.8, 4) is 33.4 Å². The zero-order valence-electron chi connectivity index (χ0n) is 23.6. The molecule has 1 spiro atoms. The van der Waals surface area contributed by atoms with Gasteiger partial charge in [0.25, 0.3) is 0 Å². The zero-order valence-corrected chi connectivity index (χ0v) is 23.6. The SMILES string of the molecule is c1ccc2c(c1)-c1ccccc1C21c2ccccc2-c2ccc(-c3cc4c5ccncc5n5c6cnccc6c(c3)c45)cc21. The highest BCUT2D eigenvalue weighted by Gasteiger charge is 2.51. The maximum absolute atomic E-state index is 4.49. The van der Waals surface area contributed by atoms with E-state index in [-0.39, 0.29) is 5.41 Å². The Labute approximate surface area is 253 Å². The van der Waals surface area contributed by atoms with Gasteiger partial charge < -0.3 is 4.40 Å². The van der Waals surface area contributed by atoms with Gasteiger partial charge in [-0.15, -0.1) is 0 Å². The van der Waals surface area contributed by atoms with Gasteiger partial charge in [-0.1, -0.05) is 84.9 Å². The molecule has 202 valence electrons. The van der Waals surface area contributed by atoms with Crippen molar-refractivity contribution in [3.05, 3.63) is 162 Å². The van der Waals surface area contributed by atoms with E-state index in [0.29, 0.717) is 0 Å². The average Bonchev–Trinajstić information content (AvgIpc) is 3.79. The second-order valence-corrected chi connectivity index (χ2v) is 12.2. The minimum absolute atomic E-state index is 0.351. The highest BCUT2D eigenvalue weighted by molar-refractivity contribution is 6.24. The van der Waals surface area contributed by atoms with Crippen LogP contribution in [0.2, 0.25) is 0 Å². The Morgan fingerprint density at radius 2 is 0.932 bits per heavy atom. The molecule has 11 rings (SSSR count). The fourth-order valence-corrected chi connectivity index (χ4v) is 8.68. The highest BCUT2D eigenvalue weighted by atomic mass is 14.9. The average molecular weight is 558 g/mol. The molecule has 0 atom stereocenters. The lowest BCUT2D eigenvalue weighted by atomic mass is 9.70. The number of hydrogen-bond donors (Lipinski definition) is 0. The third kappa shape index (κ3) is 2.49. The van der Waals surface area contributed by atoms with Crippen molar-refractivity contribution < 1.29 is 0 Å². The fourth-order valence-electron chi connectivity index (χ4n) is 8.68. The van der Waals surface area contributed by atoms with Crippen LogP contribution in [0.4, 0.5) is 0 Å². The molecule has 0 aliphatic heterocycles. The van der Waals surface area contributed by atoms with Gasteiger partial charge in [-0.25, -0.2) is 0 Å². The lowest BCUT2D eigenvalue weighted by Crippen LogP contribution is -2.25. The monoisotopic (exact) mass is 557 g/mol. The minimum atomic E-state index is -0.351. The molecule has 2 aliphatic carbocycles. The summed E-state index contributed by atoms with van der Waals surface area (Å²) in [5.74, 6) is 0. The van der Waals surface area contributed by atoms with E-state index in [1.807, 2.05) is 24.8 Å². The Hall–Kier alpha value is -5.80. The molecule has 3 nitrogen and oxygen atoms in total. The highest BCUT2D eigenvalue weighted by Crippen LogP contribution is 2.63. The molecule has 0 saturated carbocycles. The van der Waals surface area contributed by atoms with E-state index in [2.05, 4.69) is 130 Å². The van der Waals surface area contributed by atoms with Gasteiger partial charge in [-0.05, 0) is 86.0 Å². The molecule has 0 amide bonds. The molecule has 5 aromatic carbocycles. The standard InChI is InChI=1S/C41H23N3/c1-4-10-34-26(7-1)27-8-2-5-11-35(27)41(34)36-12-6-3-9-28(36)29-14-13-24(21-37(29)41)25-19-32-30-15-17-42-22-38(30)44-39-23-43-18-16-31(39)33(20-25)40(32)44/h1-23H. The molecule has 0 fully saturated rings. The number of benzene rings is 5. The summed E-state index contributed by atoms with van der Waals surface area (Å²) in [7, 11) is 0. The largest absolute Gasteiger partial charge is 0.305 e. The number of hydrogen-bond acceptors (Lipinski definition) is 2. The molecule has 4 aromatic heterocycles. The van der Waals surface area contributed by atoms with Crippen LogP contribution in [-0.4, -0.2) is 14.4 Å². The number of fused-ring (bicyclic) bond motifs is 16. The van der Waals surface area contributed by atoms with Gasteiger partial charge in [0, 0.05) is 33.9 Å². The molecule has 2 aliphatic rings. The van der Waals surface area contributed by atoms with Crippen LogP contribution >= 0.6 is 0 Å². The van der Waals surface area contributed by atoms with Crippen LogP contribution in [-0.2, 0) is 5.41 Å². The zero-order chi connectivity index (χ0) is 28.6. The Kier molecular flexibility index (Phi) is 4.02. The Morgan fingerprint density at radius 3 is 1.48 bits per heavy atom. The summed E-state index contributed by atoms with van der Waals surface area (Å²) in [6.45, 7) is 0. The molecule has 44 heavy (non-hydrogen) atoms. The predicted molar refractivity (Wildman–Crippen MR) is 178 cm³/mol. The van der Waals surface area contributed by atoms with Crippen LogP contribution in [0.15, 0.2) is 140 Å². The maximum atomic E-state index is 4.49. The van der Waals surface area contributed by atoms with Crippen LogP contribution in [0.5, 0.6) is 0 Å². The van der Waals surface area contributed by atoms with E-state index in [9.17, 15) is 0 Å². The van der Waals surface area contributed by atoms with Gasteiger partial charge in [-0.3, -0.25) is 9.97 Å². The Balaban J connectivity index is 1.25. The smallest absolute Gasteiger partial charge is 0.0725 e. The number of pyridine rings is 2. The predicted octanol–water partition coefficient (Wildman–Crippen LogP) is 9.64. The quantitative estimate of drug-likeness (QED) is 0.201. The van der Waals surface area contributed by atoms with Crippen LogP contribution in [0, 0.1) is 0 Å². The molecule has 0 radical (unpaired) electrons. The van der Waals surface area contributed by atoms with Crippen LogP contribution in [0.25, 0.3) is 71.5 Å². The third-order valence-corrected chi connectivity index (χ3v) is 10.3. The summed E-state index contributed by atoms with van der Waals surface area (Å²) in [5, 5.41) is 4.94. The third-order valence-electron chi connectivity index (χ3n) is 10.3. The van der Waals surface area contributed by atoms with Crippen molar-refractivity contribution in [2.24, 2.45) is 0 Å². The van der Waals surface area contributed by atoms with Crippen molar-refractivity contribution in [1.82, 2.24) is 14.4 Å². The summed E-state index contributed by atoms with van der Waals surface area (Å²) in [6, 6.07) is 43.2. The summed E-state index contributed by atoms with van der Waals surface area (Å²) in [4.78, 5) is 8.98. The first-order valence-electron chi connectivity index (χ1n) is 15.1. The van der Waals surface area contributed by atoms with Crippen molar-refractivity contribution in [3.63, 3.8) is 0 Å². The van der Waals surface area contributed by atoms with E-state index >= 15 is 0 Å². The number of rotatable bonds is 1. The van der Waals surface area contributed by atoms with E-state index in [0.717, 1.165) is 11.0 Å². The van der Waals surface area contributed by atoms with Gasteiger partial charge in [0.2, 0.25) is 0 Å². The van der Waals surface area contributed by atoms with Crippen molar-refractivity contribution in [2.75, 3.05) is 0 Å². The van der Waals surface area contributed by atoms with Crippen molar-refractivity contribution in [2.45, 2.75) is 5.41 Å². The normalized spacial score (nSPS) is 14.1. The topological polar surface area (TPSA) is 30.2 Å². The first-order valence-corrected chi connectivity index (χ1v) is 15.1. The summed E-state index contributed by atoms with van der Waals surface area (Å²) in [6.07, 6.45) is 7.75. The Morgan fingerprint density at radius 1 is 0.432 bits per heavy atom. The van der Waals surface area contributed by atoms with Crippen molar-refractivity contribution in [1.29, 1.82) is 0 Å². The lowest BCUT2D eigenvalue weighted by Gasteiger charge is -2.30. The molecule has 0 saturated heterocycles. The molecule has 0 bridgehead atoms. The van der Waals surface area contributed by atoms with Gasteiger partial charge >= 0.3 is 0 Å². The first kappa shape index (κ1) is 22.8. The summed E-state index contributed by atoms with van der Waals surface area (Å²) >= 11 is 0. The summed E-state index contributed by atoms with van der Waals surface area (Å²) in [5.41, 5.74) is 16.4. The van der Waals surface area contributed by atoms with Gasteiger partial charge in [-0.2, -0.15) is 0 Å². The lowest BCUT2D eigenvalue weighted by molar-refractivity contribution is 0.794. The van der Waals surface area contributed by atoms with Gasteiger partial charge in [0.05, 0.1) is 34.4 Å². The number of nitrogens with zero attached hydrogens (tertiary/aromatic N) is 3. The van der Waals surface area contributed by atoms with Crippen molar-refractivity contribution >= 4 is 38.1 Å². The minimum Gasteiger partial charge on any atom is -0.305 e. The Bertz CT molecular complexity index is 2530. The molecule has 0 unspecified atom stereocenters. The van der Waals surface area contributed by atoms with Crippen LogP contribution in [0.1, 0.15) is 22.3 Å². The van der Waals surface area contributed by atoms with Crippen LogP contribution in [0.3, 0.4) is 0 Å². The van der Waals surface area contributed by atoms with E-state index < -0.39 is 0 Å². The van der Waals surface area contributed by atoms with E-state index in [4.69, 9.17) is 0 Å². The van der Waals surface area contributed by atoms with Gasteiger partial charge in [0.1, 0.15) is 0 Å². The summed E-state index contributed by atoms with van der Waals surface area (Å²) < 4.78 is 2.33. The molecular formula is C41H23N3. The first-order chi connectivity index (χ1) is 21.8. The molecular weight excluding hydrogens is 534 g/mol. The molecule has 4 heterocycles. The second-order valence-electron chi connectivity index (χ2n) is 12.2. The van der Waals surface area contributed by atoms with E-state index in [1.54, 1.807) is 0 Å². The number of aromatic nitrogens is 3. The molecule has 3 heteroatoms. The van der Waals surface area contributed by atoms with Crippen LogP contribution < -0.4 is 0 Å².